The molecule has 2 amide bonds. The van der Waals surface area contributed by atoms with Crippen molar-refractivity contribution >= 4 is 29.6 Å². The number of hydrazine groups is 1. The van der Waals surface area contributed by atoms with Gasteiger partial charge in [-0.2, -0.15) is 0 Å². The summed E-state index contributed by atoms with van der Waals surface area (Å²) in [6.07, 6.45) is 1.83. The molecule has 1 aliphatic heterocycles. The van der Waals surface area contributed by atoms with Gasteiger partial charge in [-0.25, -0.2) is 0 Å². The molecule has 0 radical (unpaired) electrons. The number of rotatable bonds is 7. The van der Waals surface area contributed by atoms with Crippen molar-refractivity contribution < 1.29 is 23.7 Å². The Bertz CT molecular complexity index is 1190. The molecule has 1 aliphatic rings. The third-order valence-corrected chi connectivity index (χ3v) is 5.72. The van der Waals surface area contributed by atoms with Crippen LogP contribution in [0.25, 0.3) is 0 Å². The second-order valence-corrected chi connectivity index (χ2v) is 8.13. The van der Waals surface area contributed by atoms with Crippen molar-refractivity contribution in [2.45, 2.75) is 19.0 Å². The van der Waals surface area contributed by atoms with Crippen molar-refractivity contribution in [2.75, 3.05) is 13.7 Å². The zero-order valence-corrected chi connectivity index (χ0v) is 19.6. The highest BCUT2D eigenvalue weighted by atomic mass is 35.5. The van der Waals surface area contributed by atoms with Gasteiger partial charge >= 0.3 is 5.91 Å². The third kappa shape index (κ3) is 5.21. The quantitative estimate of drug-likeness (QED) is 0.507. The molecule has 2 N–H and O–H groups in total. The molecule has 174 valence electrons. The van der Waals surface area contributed by atoms with Gasteiger partial charge in [0, 0.05) is 21.7 Å². The van der Waals surface area contributed by atoms with Crippen molar-refractivity contribution in [1.29, 1.82) is 0 Å². The van der Waals surface area contributed by atoms with Crippen LogP contribution in [0.3, 0.4) is 0 Å². The molecular formula is C26H25ClN3O4+. The van der Waals surface area contributed by atoms with Crippen LogP contribution in [0.15, 0.2) is 72.8 Å². The van der Waals surface area contributed by atoms with E-state index in [-0.39, 0.29) is 11.8 Å². The number of nitrogens with zero attached hydrogens (tertiary/aromatic N) is 1. The molecule has 7 nitrogen and oxygen atoms in total. The van der Waals surface area contributed by atoms with Gasteiger partial charge in [0.25, 0.3) is 5.91 Å². The molecule has 34 heavy (non-hydrogen) atoms. The molecule has 4 rings (SSSR count). The zero-order valence-electron chi connectivity index (χ0n) is 18.8. The second kappa shape index (κ2) is 10.4. The minimum absolute atomic E-state index is 0.316. The second-order valence-electron chi connectivity index (χ2n) is 7.69. The molecule has 2 atom stereocenters. The summed E-state index contributed by atoms with van der Waals surface area (Å²) in [6.45, 7) is 2.51. The predicted molar refractivity (Wildman–Crippen MR) is 130 cm³/mol. The van der Waals surface area contributed by atoms with Crippen LogP contribution in [0.5, 0.6) is 11.5 Å². The average Bonchev–Trinajstić information content (AvgIpc) is 3.15. The number of carbonyl (C=O) groups is 2. The first-order valence-corrected chi connectivity index (χ1v) is 11.2. The molecule has 0 aromatic heterocycles. The summed E-state index contributed by atoms with van der Waals surface area (Å²) in [5.74, 6) is 0.739. The highest BCUT2D eigenvalue weighted by Crippen LogP contribution is 2.27. The number of amides is 2. The fraction of sp³-hybridized carbons (Fsp3) is 0.192. The topological polar surface area (TPSA) is 79.7 Å². The van der Waals surface area contributed by atoms with Crippen LogP contribution in [0.2, 0.25) is 5.02 Å². The third-order valence-electron chi connectivity index (χ3n) is 5.47. The molecule has 1 saturated heterocycles. The molecule has 3 aromatic rings. The number of halogens is 1. The Morgan fingerprint density at radius 3 is 2.29 bits per heavy atom. The fourth-order valence-electron chi connectivity index (χ4n) is 3.78. The number of methoxy groups -OCH3 is 1. The van der Waals surface area contributed by atoms with Crippen LogP contribution in [-0.4, -0.2) is 42.5 Å². The van der Waals surface area contributed by atoms with Crippen molar-refractivity contribution in [1.82, 2.24) is 10.7 Å². The molecule has 0 aliphatic carbocycles. The maximum Gasteiger partial charge on any atom is 0.304 e. The van der Waals surface area contributed by atoms with E-state index in [1.54, 1.807) is 48.2 Å². The Balaban J connectivity index is 1.65. The first kappa shape index (κ1) is 23.3. The van der Waals surface area contributed by atoms with Crippen molar-refractivity contribution in [3.8, 4) is 11.5 Å². The lowest BCUT2D eigenvalue weighted by atomic mass is 9.99. The Morgan fingerprint density at radius 1 is 1.03 bits per heavy atom. The number of hydrogen-bond donors (Lipinski definition) is 2. The highest BCUT2D eigenvalue weighted by molar-refractivity contribution is 6.30. The summed E-state index contributed by atoms with van der Waals surface area (Å²) in [4.78, 5) is 25.9. The zero-order chi connectivity index (χ0) is 24.1. The maximum absolute atomic E-state index is 13.0. The Labute approximate surface area is 202 Å². The van der Waals surface area contributed by atoms with Crippen LogP contribution in [0.4, 0.5) is 0 Å². The van der Waals surface area contributed by atoms with Crippen LogP contribution < -0.4 is 20.2 Å². The average molecular weight is 479 g/mol. The SMILES string of the molecule is CCOc1ccc(/C=[N+]2\NC(=O)[C@H](NC(=O)c3ccc(OC)cc3)[C@@H]2c2ccc(Cl)cc2)cc1. The monoisotopic (exact) mass is 478 g/mol. The van der Waals surface area contributed by atoms with E-state index in [1.165, 1.54) is 0 Å². The van der Waals surface area contributed by atoms with E-state index in [0.29, 0.717) is 22.9 Å². The lowest BCUT2D eigenvalue weighted by Crippen LogP contribution is -2.42. The number of nitrogens with one attached hydrogen (secondary N) is 2. The van der Waals surface area contributed by atoms with E-state index in [1.807, 2.05) is 49.5 Å². The summed E-state index contributed by atoms with van der Waals surface area (Å²) >= 11 is 6.08. The molecule has 0 spiro atoms. The number of benzene rings is 3. The van der Waals surface area contributed by atoms with Crippen LogP contribution in [0, 0.1) is 0 Å². The van der Waals surface area contributed by atoms with E-state index in [9.17, 15) is 9.59 Å². The van der Waals surface area contributed by atoms with Gasteiger partial charge in [0.2, 0.25) is 12.3 Å². The molecular weight excluding hydrogens is 454 g/mol. The molecule has 1 heterocycles. The highest BCUT2D eigenvalue weighted by Gasteiger charge is 2.47. The predicted octanol–water partition coefficient (Wildman–Crippen LogP) is 3.76. The van der Waals surface area contributed by atoms with Gasteiger partial charge in [-0.1, -0.05) is 23.7 Å². The molecule has 1 fully saturated rings. The lowest BCUT2D eigenvalue weighted by molar-refractivity contribution is -0.596. The largest absolute Gasteiger partial charge is 0.497 e. The normalized spacial score (nSPS) is 18.4. The van der Waals surface area contributed by atoms with Gasteiger partial charge in [-0.05, 0) is 67.6 Å². The Morgan fingerprint density at radius 2 is 1.68 bits per heavy atom. The standard InChI is InChI=1S/C26H24ClN3O4/c1-3-34-22-12-4-17(5-13-22)16-30-24(18-6-10-20(27)11-7-18)23(26(32)29-30)28-25(31)19-8-14-21(33-2)15-9-19/h4-16,23-24H,3H2,1-2H3,(H-,28,29,31,32)/p+1/b30-16-/t23-,24+/m1/s1. The van der Waals surface area contributed by atoms with E-state index >= 15 is 0 Å². The molecule has 0 bridgehead atoms. The van der Waals surface area contributed by atoms with Gasteiger partial charge in [-0.3, -0.25) is 9.59 Å². The first-order valence-electron chi connectivity index (χ1n) is 10.9. The van der Waals surface area contributed by atoms with Crippen LogP contribution >= 0.6 is 11.6 Å². The summed E-state index contributed by atoms with van der Waals surface area (Å²) < 4.78 is 12.4. The minimum Gasteiger partial charge on any atom is -0.497 e. The summed E-state index contributed by atoms with van der Waals surface area (Å²) in [6, 6.07) is 20.2. The molecule has 3 aromatic carbocycles. The maximum atomic E-state index is 13.0. The van der Waals surface area contributed by atoms with Gasteiger partial charge in [0.1, 0.15) is 11.5 Å². The summed E-state index contributed by atoms with van der Waals surface area (Å²) in [7, 11) is 1.56. The van der Waals surface area contributed by atoms with E-state index in [4.69, 9.17) is 21.1 Å². The lowest BCUT2D eigenvalue weighted by Gasteiger charge is -2.15. The molecule has 0 unspecified atom stereocenters. The van der Waals surface area contributed by atoms with Gasteiger partial charge in [0.05, 0.1) is 13.7 Å². The first-order chi connectivity index (χ1) is 16.5. The summed E-state index contributed by atoms with van der Waals surface area (Å²) in [5, 5.41) is 3.47. The van der Waals surface area contributed by atoms with Crippen molar-refractivity contribution in [3.05, 3.63) is 94.5 Å². The number of carbonyl (C=O) groups excluding carboxylic acids is 2. The fourth-order valence-corrected chi connectivity index (χ4v) is 3.91. The summed E-state index contributed by atoms with van der Waals surface area (Å²) in [5.41, 5.74) is 4.99. The van der Waals surface area contributed by atoms with Crippen LogP contribution in [0.1, 0.15) is 34.5 Å². The molecule has 0 saturated carbocycles. The number of ether oxygens (including phenoxy) is 2. The van der Waals surface area contributed by atoms with Gasteiger partial charge < -0.3 is 14.8 Å². The van der Waals surface area contributed by atoms with Gasteiger partial charge in [-0.15, -0.1) is 10.1 Å². The van der Waals surface area contributed by atoms with Crippen molar-refractivity contribution in [3.63, 3.8) is 0 Å². The number of hydrazone groups is 1. The van der Waals surface area contributed by atoms with Crippen LogP contribution in [-0.2, 0) is 4.79 Å². The van der Waals surface area contributed by atoms with E-state index in [0.717, 1.165) is 16.9 Å². The molecule has 8 heteroatoms. The smallest absolute Gasteiger partial charge is 0.304 e. The minimum atomic E-state index is -0.824. The van der Waals surface area contributed by atoms with Crippen molar-refractivity contribution in [2.24, 2.45) is 0 Å². The number of hydrogen-bond acceptors (Lipinski definition) is 4. The Kier molecular flexibility index (Phi) is 7.13. The van der Waals surface area contributed by atoms with Gasteiger partial charge in [0.15, 0.2) is 6.04 Å². The van der Waals surface area contributed by atoms with E-state index < -0.39 is 12.1 Å². The Hall–Kier alpha value is -3.84. The van der Waals surface area contributed by atoms with E-state index in [2.05, 4.69) is 10.7 Å².